The summed E-state index contributed by atoms with van der Waals surface area (Å²) in [7, 11) is 1.41. The normalized spacial score (nSPS) is 17.5. The molecule has 4 rings (SSSR count). The van der Waals surface area contributed by atoms with Crippen LogP contribution >= 0.6 is 0 Å². The number of hydrogen-bond acceptors (Lipinski definition) is 5. The van der Waals surface area contributed by atoms with Crippen LogP contribution in [0.15, 0.2) is 36.4 Å². The molecule has 2 heterocycles. The van der Waals surface area contributed by atoms with Crippen LogP contribution in [0.2, 0.25) is 0 Å². The van der Waals surface area contributed by atoms with Crippen LogP contribution in [-0.2, 0) is 22.6 Å². The van der Waals surface area contributed by atoms with Crippen LogP contribution < -0.4 is 14.8 Å². The third kappa shape index (κ3) is 3.34. The van der Waals surface area contributed by atoms with E-state index in [0.29, 0.717) is 19.6 Å². The summed E-state index contributed by atoms with van der Waals surface area (Å²) in [6, 6.07) is 12.2. The monoisotopic (exact) mass is 353 g/mol. The minimum absolute atomic E-state index is 0.0526. The molecule has 1 N–H and O–H groups in total. The summed E-state index contributed by atoms with van der Waals surface area (Å²) in [6.07, 6.45) is 2.63. The smallest absolute Gasteiger partial charge is 0.306 e. The van der Waals surface area contributed by atoms with Gasteiger partial charge in [-0.25, -0.2) is 0 Å². The number of anilines is 1. The molecule has 136 valence electrons. The second-order valence-corrected chi connectivity index (χ2v) is 6.76. The van der Waals surface area contributed by atoms with Crippen LogP contribution in [-0.4, -0.2) is 26.2 Å². The predicted molar refractivity (Wildman–Crippen MR) is 98.9 cm³/mol. The first kappa shape index (κ1) is 16.8. The minimum atomic E-state index is -0.215. The zero-order valence-corrected chi connectivity index (χ0v) is 14.9. The Morgan fingerprint density at radius 2 is 2.23 bits per heavy atom. The van der Waals surface area contributed by atoms with Crippen molar-refractivity contribution in [2.45, 2.75) is 31.8 Å². The van der Waals surface area contributed by atoms with Crippen LogP contribution in [0.4, 0.5) is 5.69 Å². The van der Waals surface area contributed by atoms with Gasteiger partial charge in [-0.05, 0) is 24.5 Å². The Bertz CT molecular complexity index is 818. The van der Waals surface area contributed by atoms with E-state index in [1.54, 1.807) is 0 Å². The van der Waals surface area contributed by atoms with Gasteiger partial charge in [-0.3, -0.25) is 4.79 Å². The number of fused-ring (bicyclic) bond motifs is 2. The van der Waals surface area contributed by atoms with Crippen LogP contribution in [0, 0.1) is 0 Å². The van der Waals surface area contributed by atoms with E-state index in [2.05, 4.69) is 23.5 Å². The van der Waals surface area contributed by atoms with Crippen LogP contribution in [0.3, 0.4) is 0 Å². The Balaban J connectivity index is 1.45. The van der Waals surface area contributed by atoms with E-state index < -0.39 is 0 Å². The van der Waals surface area contributed by atoms with Crippen molar-refractivity contribution in [3.05, 3.63) is 53.1 Å². The molecule has 1 unspecified atom stereocenters. The van der Waals surface area contributed by atoms with Gasteiger partial charge in [0.2, 0.25) is 0 Å². The Labute approximate surface area is 153 Å². The van der Waals surface area contributed by atoms with Gasteiger partial charge in [0.25, 0.3) is 0 Å². The minimum Gasteiger partial charge on any atom is -0.492 e. The highest BCUT2D eigenvalue weighted by molar-refractivity contribution is 5.71. The lowest BCUT2D eigenvalue weighted by Gasteiger charge is -2.21. The maximum atomic E-state index is 11.5. The highest BCUT2D eigenvalue weighted by Crippen LogP contribution is 2.38. The molecule has 0 aliphatic carbocycles. The largest absolute Gasteiger partial charge is 0.492 e. The summed E-state index contributed by atoms with van der Waals surface area (Å²) in [4.78, 5) is 11.5. The third-order valence-electron chi connectivity index (χ3n) is 5.06. The average Bonchev–Trinajstić information content (AvgIpc) is 3.08. The van der Waals surface area contributed by atoms with Crippen molar-refractivity contribution in [1.29, 1.82) is 0 Å². The lowest BCUT2D eigenvalue weighted by Crippen LogP contribution is -2.14. The first-order valence-electron chi connectivity index (χ1n) is 9.05. The molecule has 2 aromatic carbocycles. The van der Waals surface area contributed by atoms with Gasteiger partial charge in [0.1, 0.15) is 18.1 Å². The first-order valence-corrected chi connectivity index (χ1v) is 9.05. The molecule has 2 aliphatic rings. The topological polar surface area (TPSA) is 56.8 Å². The third-order valence-corrected chi connectivity index (χ3v) is 5.06. The molecule has 0 aromatic heterocycles. The number of esters is 1. The summed E-state index contributed by atoms with van der Waals surface area (Å²) in [5.41, 5.74) is 4.79. The maximum Gasteiger partial charge on any atom is 0.306 e. The van der Waals surface area contributed by atoms with E-state index in [4.69, 9.17) is 14.2 Å². The molecule has 0 bridgehead atoms. The summed E-state index contributed by atoms with van der Waals surface area (Å²) >= 11 is 0. The van der Waals surface area contributed by atoms with Crippen molar-refractivity contribution < 1.29 is 19.0 Å². The average molecular weight is 353 g/mol. The highest BCUT2D eigenvalue weighted by atomic mass is 16.5. The lowest BCUT2D eigenvalue weighted by atomic mass is 9.98. The number of methoxy groups -OCH3 is 1. The molecule has 0 saturated heterocycles. The highest BCUT2D eigenvalue weighted by Gasteiger charge is 2.27. The molecule has 2 aromatic rings. The molecular formula is C21H23NO4. The fraction of sp³-hybridized carbons (Fsp3) is 0.381. The number of nitrogens with one attached hydrogen (secondary N) is 1. The predicted octanol–water partition coefficient (Wildman–Crippen LogP) is 3.66. The molecule has 1 atom stereocenters. The Hall–Kier alpha value is -2.69. The van der Waals surface area contributed by atoms with E-state index in [1.165, 1.54) is 30.3 Å². The van der Waals surface area contributed by atoms with Crippen LogP contribution in [0.25, 0.3) is 0 Å². The zero-order valence-electron chi connectivity index (χ0n) is 14.9. The summed E-state index contributed by atoms with van der Waals surface area (Å²) in [5, 5.41) is 3.49. The second-order valence-electron chi connectivity index (χ2n) is 6.76. The van der Waals surface area contributed by atoms with Crippen molar-refractivity contribution in [2.24, 2.45) is 0 Å². The van der Waals surface area contributed by atoms with Gasteiger partial charge in [-0.1, -0.05) is 24.3 Å². The number of ether oxygens (including phenoxy) is 3. The molecular weight excluding hydrogens is 330 g/mol. The summed E-state index contributed by atoms with van der Waals surface area (Å²) in [5.74, 6) is 1.41. The number of carbonyl (C=O) groups is 1. The molecule has 0 amide bonds. The van der Waals surface area contributed by atoms with Gasteiger partial charge >= 0.3 is 5.97 Å². The standard InChI is InChI=1S/C21H23NO4/c1-24-20(23)10-16-13-26-19-11-17(7-8-18(16)19)25-12-15-5-2-4-14-6-3-9-22-21(14)15/h2,4-5,7-8,11,16,22H,3,6,9-10,12-13H2,1H3. The Morgan fingerprint density at radius 1 is 1.31 bits per heavy atom. The SMILES string of the molecule is COC(=O)CC1COc2cc(OCc3cccc4c3NCCC4)ccc21. The van der Waals surface area contributed by atoms with Crippen molar-refractivity contribution in [1.82, 2.24) is 0 Å². The van der Waals surface area contributed by atoms with Crippen molar-refractivity contribution in [2.75, 3.05) is 25.6 Å². The van der Waals surface area contributed by atoms with Crippen LogP contribution in [0.5, 0.6) is 11.5 Å². The van der Waals surface area contributed by atoms with E-state index in [1.807, 2.05) is 18.2 Å². The fourth-order valence-electron chi connectivity index (χ4n) is 3.66. The Morgan fingerprint density at radius 3 is 3.12 bits per heavy atom. The number of rotatable bonds is 5. The van der Waals surface area contributed by atoms with Gasteiger partial charge in [0.05, 0.1) is 20.1 Å². The quantitative estimate of drug-likeness (QED) is 0.832. The summed E-state index contributed by atoms with van der Waals surface area (Å²) < 4.78 is 16.5. The maximum absolute atomic E-state index is 11.5. The molecule has 5 heteroatoms. The molecule has 0 radical (unpaired) electrons. The molecule has 0 spiro atoms. The van der Waals surface area contributed by atoms with Crippen molar-refractivity contribution >= 4 is 11.7 Å². The molecule has 26 heavy (non-hydrogen) atoms. The number of benzene rings is 2. The van der Waals surface area contributed by atoms with Gasteiger partial charge in [0, 0.05) is 35.3 Å². The van der Waals surface area contributed by atoms with Crippen molar-refractivity contribution in [3.8, 4) is 11.5 Å². The molecule has 0 saturated carbocycles. The van der Waals surface area contributed by atoms with E-state index in [0.717, 1.165) is 30.0 Å². The second kappa shape index (κ2) is 7.28. The molecule has 0 fully saturated rings. The van der Waals surface area contributed by atoms with Gasteiger partial charge in [-0.2, -0.15) is 0 Å². The zero-order chi connectivity index (χ0) is 17.9. The van der Waals surface area contributed by atoms with E-state index in [-0.39, 0.29) is 11.9 Å². The van der Waals surface area contributed by atoms with E-state index in [9.17, 15) is 4.79 Å². The fourth-order valence-corrected chi connectivity index (χ4v) is 3.66. The lowest BCUT2D eigenvalue weighted by molar-refractivity contribution is -0.141. The molecule has 5 nitrogen and oxygen atoms in total. The van der Waals surface area contributed by atoms with E-state index >= 15 is 0 Å². The van der Waals surface area contributed by atoms with Crippen LogP contribution in [0.1, 0.15) is 35.4 Å². The van der Waals surface area contributed by atoms with Gasteiger partial charge in [0.15, 0.2) is 0 Å². The first-order chi connectivity index (χ1) is 12.7. The molecule has 2 aliphatic heterocycles. The number of para-hydroxylation sites is 1. The van der Waals surface area contributed by atoms with Gasteiger partial charge in [-0.15, -0.1) is 0 Å². The Kier molecular flexibility index (Phi) is 4.69. The number of aryl methyl sites for hydroxylation is 1. The van der Waals surface area contributed by atoms with Crippen molar-refractivity contribution in [3.63, 3.8) is 0 Å². The number of carbonyl (C=O) groups excluding carboxylic acids is 1. The summed E-state index contributed by atoms with van der Waals surface area (Å²) in [6.45, 7) is 2.03. The number of hydrogen-bond donors (Lipinski definition) is 1. The van der Waals surface area contributed by atoms with Gasteiger partial charge < -0.3 is 19.5 Å².